The highest BCUT2D eigenvalue weighted by Crippen LogP contribution is 2.48. The van der Waals surface area contributed by atoms with E-state index in [0.29, 0.717) is 12.1 Å². The largest absolute Gasteiger partial charge is 0.466 e. The van der Waals surface area contributed by atoms with E-state index in [4.69, 9.17) is 4.74 Å². The molecule has 2 aliphatic rings. The average molecular weight is 505 g/mol. The van der Waals surface area contributed by atoms with Gasteiger partial charge >= 0.3 is 5.97 Å². The van der Waals surface area contributed by atoms with Crippen molar-refractivity contribution >= 4 is 23.5 Å². The standard InChI is InChI=1S/C30H36N2O5/c1-5-20-15-16-22-25(24(20)30(36)37-6-2)29(35)32(23(17-33)21-13-8-7-9-14-21)27(22)28(34)31-26-18(3)11-10-12-19(26)4/h7-16,20,22-25,27,33H,5-6,17H2,1-4H3,(H,31,34)/t20-,22+,23-,24-,25-,27+/m1/s1. The molecule has 1 aliphatic heterocycles. The topological polar surface area (TPSA) is 95.9 Å². The van der Waals surface area contributed by atoms with Crippen LogP contribution in [0.2, 0.25) is 0 Å². The van der Waals surface area contributed by atoms with E-state index in [1.165, 1.54) is 4.90 Å². The van der Waals surface area contributed by atoms with Crippen LogP contribution in [-0.4, -0.2) is 47.0 Å². The number of hydrogen-bond donors (Lipinski definition) is 2. The van der Waals surface area contributed by atoms with Gasteiger partial charge in [0.15, 0.2) is 0 Å². The molecule has 6 atom stereocenters. The number of hydrogen-bond acceptors (Lipinski definition) is 5. The van der Waals surface area contributed by atoms with E-state index in [9.17, 15) is 19.5 Å². The van der Waals surface area contributed by atoms with Gasteiger partial charge in [-0.1, -0.05) is 67.6 Å². The van der Waals surface area contributed by atoms with Gasteiger partial charge in [0.2, 0.25) is 11.8 Å². The summed E-state index contributed by atoms with van der Waals surface area (Å²) in [6.45, 7) is 7.43. The van der Waals surface area contributed by atoms with Gasteiger partial charge in [-0.3, -0.25) is 14.4 Å². The Morgan fingerprint density at radius 2 is 1.70 bits per heavy atom. The molecule has 0 aromatic heterocycles. The van der Waals surface area contributed by atoms with E-state index in [2.05, 4.69) is 5.32 Å². The molecule has 2 N–H and O–H groups in total. The molecule has 7 heteroatoms. The van der Waals surface area contributed by atoms with Crippen molar-refractivity contribution in [3.8, 4) is 0 Å². The summed E-state index contributed by atoms with van der Waals surface area (Å²) in [6, 6.07) is 13.4. The molecule has 0 saturated carbocycles. The van der Waals surface area contributed by atoms with Crippen LogP contribution >= 0.6 is 0 Å². The van der Waals surface area contributed by atoms with Crippen LogP contribution in [0, 0.1) is 37.5 Å². The number of esters is 1. The normalized spacial score (nSPS) is 25.5. The molecule has 1 saturated heterocycles. The van der Waals surface area contributed by atoms with E-state index in [-0.39, 0.29) is 30.9 Å². The average Bonchev–Trinajstić information content (AvgIpc) is 3.19. The van der Waals surface area contributed by atoms with Crippen molar-refractivity contribution < 1.29 is 24.2 Å². The third-order valence-corrected chi connectivity index (χ3v) is 7.77. The van der Waals surface area contributed by atoms with Gasteiger partial charge in [-0.05, 0) is 49.8 Å². The summed E-state index contributed by atoms with van der Waals surface area (Å²) in [7, 11) is 0. The molecule has 0 spiro atoms. The van der Waals surface area contributed by atoms with E-state index in [1.54, 1.807) is 6.92 Å². The van der Waals surface area contributed by atoms with E-state index in [0.717, 1.165) is 16.7 Å². The first-order chi connectivity index (χ1) is 17.8. The van der Waals surface area contributed by atoms with Gasteiger partial charge in [0.1, 0.15) is 6.04 Å². The second-order valence-corrected chi connectivity index (χ2v) is 9.89. The smallest absolute Gasteiger partial charge is 0.310 e. The summed E-state index contributed by atoms with van der Waals surface area (Å²) in [4.78, 5) is 42.8. The first-order valence-corrected chi connectivity index (χ1v) is 13.0. The maximum absolute atomic E-state index is 14.2. The lowest BCUT2D eigenvalue weighted by Gasteiger charge is -2.34. The monoisotopic (exact) mass is 504 g/mol. The number of fused-ring (bicyclic) bond motifs is 1. The minimum Gasteiger partial charge on any atom is -0.466 e. The second-order valence-electron chi connectivity index (χ2n) is 9.89. The quantitative estimate of drug-likeness (QED) is 0.415. The first kappa shape index (κ1) is 26.6. The van der Waals surface area contributed by atoms with Gasteiger partial charge in [0.05, 0.1) is 31.1 Å². The van der Waals surface area contributed by atoms with Crippen LogP contribution in [0.3, 0.4) is 0 Å². The Morgan fingerprint density at radius 3 is 2.30 bits per heavy atom. The molecule has 2 aromatic rings. The number of ether oxygens (including phenoxy) is 1. The van der Waals surface area contributed by atoms with Crippen molar-refractivity contribution in [2.75, 3.05) is 18.5 Å². The zero-order chi connectivity index (χ0) is 26.7. The van der Waals surface area contributed by atoms with Crippen LogP contribution in [0.4, 0.5) is 5.69 Å². The number of likely N-dealkylation sites (tertiary alicyclic amines) is 1. The number of anilines is 1. The predicted octanol–water partition coefficient (Wildman–Crippen LogP) is 4.19. The number of nitrogens with one attached hydrogen (secondary N) is 1. The lowest BCUT2D eigenvalue weighted by atomic mass is 9.69. The molecule has 7 nitrogen and oxygen atoms in total. The first-order valence-electron chi connectivity index (χ1n) is 13.0. The Labute approximate surface area is 218 Å². The number of amides is 2. The van der Waals surface area contributed by atoms with Gasteiger partial charge in [-0.25, -0.2) is 0 Å². The summed E-state index contributed by atoms with van der Waals surface area (Å²) in [5.74, 6) is -3.21. The zero-order valence-corrected chi connectivity index (χ0v) is 21.9. The highest BCUT2D eigenvalue weighted by molar-refractivity contribution is 6.02. The fourth-order valence-electron chi connectivity index (χ4n) is 5.97. The molecule has 0 radical (unpaired) electrons. The maximum Gasteiger partial charge on any atom is 0.310 e. The molecule has 196 valence electrons. The number of aryl methyl sites for hydroxylation is 2. The molecule has 37 heavy (non-hydrogen) atoms. The van der Waals surface area contributed by atoms with Crippen LogP contribution in [0.15, 0.2) is 60.7 Å². The maximum atomic E-state index is 14.2. The number of aliphatic hydroxyl groups is 1. The lowest BCUT2D eigenvalue weighted by molar-refractivity contribution is -0.156. The number of para-hydroxylation sites is 1. The Morgan fingerprint density at radius 1 is 1.03 bits per heavy atom. The lowest BCUT2D eigenvalue weighted by Crippen LogP contribution is -2.47. The Bertz CT molecular complexity index is 1160. The Hall–Kier alpha value is -3.45. The number of aliphatic hydroxyl groups excluding tert-OH is 1. The molecule has 0 unspecified atom stereocenters. The van der Waals surface area contributed by atoms with Gasteiger partial charge in [0, 0.05) is 11.6 Å². The van der Waals surface area contributed by atoms with Gasteiger partial charge in [-0.15, -0.1) is 0 Å². The summed E-state index contributed by atoms with van der Waals surface area (Å²) in [5, 5.41) is 13.6. The van der Waals surface area contributed by atoms with Crippen molar-refractivity contribution in [2.45, 2.75) is 46.2 Å². The SMILES string of the molecule is CCOC(=O)[C@H]1[C@@H]2C(=O)N([C@H](CO)c3ccccc3)[C@H](C(=O)Nc3c(C)cccc3C)[C@H]2C=C[C@H]1CC. The van der Waals surface area contributed by atoms with Gasteiger partial charge in [-0.2, -0.15) is 0 Å². The molecule has 4 rings (SSSR count). The minimum atomic E-state index is -0.903. The van der Waals surface area contributed by atoms with E-state index >= 15 is 0 Å². The fourth-order valence-corrected chi connectivity index (χ4v) is 5.97. The second kappa shape index (κ2) is 11.3. The third kappa shape index (κ3) is 4.92. The van der Waals surface area contributed by atoms with Crippen molar-refractivity contribution in [1.82, 2.24) is 4.90 Å². The van der Waals surface area contributed by atoms with Crippen molar-refractivity contribution in [3.05, 3.63) is 77.4 Å². The predicted molar refractivity (Wildman–Crippen MR) is 141 cm³/mol. The van der Waals surface area contributed by atoms with Crippen LogP contribution < -0.4 is 5.32 Å². The van der Waals surface area contributed by atoms with Gasteiger partial charge in [0.25, 0.3) is 0 Å². The number of carbonyl (C=O) groups is 3. The molecule has 1 heterocycles. The van der Waals surface area contributed by atoms with Crippen molar-refractivity contribution in [3.63, 3.8) is 0 Å². The van der Waals surface area contributed by atoms with Gasteiger partial charge < -0.3 is 20.1 Å². The highest BCUT2D eigenvalue weighted by Gasteiger charge is 2.59. The molecular formula is C30H36N2O5. The number of nitrogens with zero attached hydrogens (tertiary/aromatic N) is 1. The number of benzene rings is 2. The molecule has 0 bridgehead atoms. The van der Waals surface area contributed by atoms with Crippen molar-refractivity contribution in [2.24, 2.45) is 23.7 Å². The van der Waals surface area contributed by atoms with Crippen molar-refractivity contribution in [1.29, 1.82) is 0 Å². The minimum absolute atomic E-state index is 0.171. The summed E-state index contributed by atoms with van der Waals surface area (Å²) in [5.41, 5.74) is 3.26. The number of rotatable bonds is 8. The van der Waals surface area contributed by atoms with E-state index in [1.807, 2.05) is 81.5 Å². The Balaban J connectivity index is 1.81. The van der Waals surface area contributed by atoms with E-state index < -0.39 is 35.8 Å². The van der Waals surface area contributed by atoms with Crippen LogP contribution in [0.1, 0.15) is 43.0 Å². The summed E-state index contributed by atoms with van der Waals surface area (Å²) < 4.78 is 5.41. The van der Waals surface area contributed by atoms with Crippen LogP contribution in [-0.2, 0) is 19.1 Å². The molecule has 1 aliphatic carbocycles. The fraction of sp³-hybridized carbons (Fsp3) is 0.433. The van der Waals surface area contributed by atoms with Crippen LogP contribution in [0.25, 0.3) is 0 Å². The number of carbonyl (C=O) groups excluding carboxylic acids is 3. The number of allylic oxidation sites excluding steroid dienone is 1. The molecular weight excluding hydrogens is 468 g/mol. The molecule has 2 aromatic carbocycles. The molecule has 1 fully saturated rings. The third-order valence-electron chi connectivity index (χ3n) is 7.77. The molecule has 2 amide bonds. The highest BCUT2D eigenvalue weighted by atomic mass is 16.5. The zero-order valence-electron chi connectivity index (χ0n) is 21.9. The Kier molecular flexibility index (Phi) is 8.13. The summed E-state index contributed by atoms with van der Waals surface area (Å²) in [6.07, 6.45) is 4.54. The summed E-state index contributed by atoms with van der Waals surface area (Å²) >= 11 is 0. The van der Waals surface area contributed by atoms with Crippen LogP contribution in [0.5, 0.6) is 0 Å².